The van der Waals surface area contributed by atoms with Crippen LogP contribution in [0.4, 0.5) is 5.69 Å². The molecule has 104 valence electrons. The van der Waals surface area contributed by atoms with E-state index in [0.29, 0.717) is 6.54 Å². The number of anilines is 1. The standard InChI is InChI=1S/C13H18N2O3S/c1-3-10-8-9-15(13(10)16)11-4-6-12(7-5-11)19(17,18)14-2/h4-7,10,14H,3,8-9H2,1-2H3/t10-/m0/s1. The van der Waals surface area contributed by atoms with Gasteiger partial charge >= 0.3 is 0 Å². The number of carbonyl (C=O) groups excluding carboxylic acids is 1. The van der Waals surface area contributed by atoms with E-state index in [1.54, 1.807) is 17.0 Å². The number of nitrogens with one attached hydrogen (secondary N) is 1. The topological polar surface area (TPSA) is 66.5 Å². The van der Waals surface area contributed by atoms with Crippen molar-refractivity contribution >= 4 is 21.6 Å². The molecular weight excluding hydrogens is 264 g/mol. The molecule has 1 aliphatic heterocycles. The maximum atomic E-state index is 12.1. The molecule has 2 rings (SSSR count). The molecule has 1 amide bonds. The predicted octanol–water partition coefficient (Wildman–Crippen LogP) is 1.36. The largest absolute Gasteiger partial charge is 0.312 e. The van der Waals surface area contributed by atoms with Gasteiger partial charge in [-0.1, -0.05) is 6.92 Å². The van der Waals surface area contributed by atoms with Gasteiger partial charge in [-0.15, -0.1) is 0 Å². The molecule has 0 unspecified atom stereocenters. The first kappa shape index (κ1) is 14.0. The number of carbonyl (C=O) groups is 1. The first-order chi connectivity index (χ1) is 8.99. The van der Waals surface area contributed by atoms with Crippen LogP contribution in [0.2, 0.25) is 0 Å². The van der Waals surface area contributed by atoms with E-state index in [1.807, 2.05) is 6.92 Å². The highest BCUT2D eigenvalue weighted by Gasteiger charge is 2.31. The SMILES string of the molecule is CC[C@H]1CCN(c2ccc(S(=O)(=O)NC)cc2)C1=O. The zero-order valence-electron chi connectivity index (χ0n) is 11.1. The molecule has 0 saturated carbocycles. The normalized spacial score (nSPS) is 20.0. The molecule has 6 heteroatoms. The molecule has 1 atom stereocenters. The summed E-state index contributed by atoms with van der Waals surface area (Å²) in [6.45, 7) is 2.71. The smallest absolute Gasteiger partial charge is 0.240 e. The Bertz CT molecular complexity index is 566. The Morgan fingerprint density at radius 2 is 1.95 bits per heavy atom. The lowest BCUT2D eigenvalue weighted by Gasteiger charge is -2.17. The molecule has 1 saturated heterocycles. The zero-order valence-corrected chi connectivity index (χ0v) is 11.9. The lowest BCUT2D eigenvalue weighted by Crippen LogP contribution is -2.26. The number of hydrogen-bond acceptors (Lipinski definition) is 3. The Hall–Kier alpha value is -1.40. The minimum absolute atomic E-state index is 0.0979. The summed E-state index contributed by atoms with van der Waals surface area (Å²) in [5.74, 6) is 0.229. The first-order valence-electron chi connectivity index (χ1n) is 6.34. The Labute approximate surface area is 113 Å². The van der Waals surface area contributed by atoms with Crippen LogP contribution in [0, 0.1) is 5.92 Å². The van der Waals surface area contributed by atoms with Gasteiger partial charge in [-0.25, -0.2) is 13.1 Å². The fourth-order valence-electron chi connectivity index (χ4n) is 2.30. The van der Waals surface area contributed by atoms with Crippen LogP contribution in [-0.2, 0) is 14.8 Å². The quantitative estimate of drug-likeness (QED) is 0.906. The van der Waals surface area contributed by atoms with Crippen molar-refractivity contribution in [1.82, 2.24) is 4.72 Å². The van der Waals surface area contributed by atoms with Crippen LogP contribution in [0.25, 0.3) is 0 Å². The summed E-state index contributed by atoms with van der Waals surface area (Å²) in [6.07, 6.45) is 1.72. The summed E-state index contributed by atoms with van der Waals surface area (Å²) >= 11 is 0. The highest BCUT2D eigenvalue weighted by atomic mass is 32.2. The minimum Gasteiger partial charge on any atom is -0.312 e. The van der Waals surface area contributed by atoms with Gasteiger partial charge in [0.25, 0.3) is 0 Å². The van der Waals surface area contributed by atoms with Crippen molar-refractivity contribution in [3.63, 3.8) is 0 Å². The molecule has 19 heavy (non-hydrogen) atoms. The van der Waals surface area contributed by atoms with E-state index >= 15 is 0 Å². The van der Waals surface area contributed by atoms with Gasteiger partial charge in [0.1, 0.15) is 0 Å². The highest BCUT2D eigenvalue weighted by Crippen LogP contribution is 2.27. The highest BCUT2D eigenvalue weighted by molar-refractivity contribution is 7.89. The molecule has 1 N–H and O–H groups in total. The number of rotatable bonds is 4. The monoisotopic (exact) mass is 282 g/mol. The van der Waals surface area contributed by atoms with Gasteiger partial charge in [0, 0.05) is 18.2 Å². The second-order valence-electron chi connectivity index (χ2n) is 4.59. The van der Waals surface area contributed by atoms with Crippen LogP contribution in [-0.4, -0.2) is 27.9 Å². The van der Waals surface area contributed by atoms with Gasteiger partial charge in [-0.3, -0.25) is 4.79 Å². The van der Waals surface area contributed by atoms with Crippen LogP contribution in [0.5, 0.6) is 0 Å². The predicted molar refractivity (Wildman–Crippen MR) is 73.4 cm³/mol. The van der Waals surface area contributed by atoms with E-state index in [4.69, 9.17) is 0 Å². The number of nitrogens with zero attached hydrogens (tertiary/aromatic N) is 1. The van der Waals surface area contributed by atoms with Crippen molar-refractivity contribution in [3.05, 3.63) is 24.3 Å². The Balaban J connectivity index is 2.23. The molecule has 1 heterocycles. The Kier molecular flexibility index (Phi) is 3.91. The van der Waals surface area contributed by atoms with Crippen molar-refractivity contribution in [2.75, 3.05) is 18.5 Å². The van der Waals surface area contributed by atoms with Gasteiger partial charge in [0.2, 0.25) is 15.9 Å². The lowest BCUT2D eigenvalue weighted by atomic mass is 10.1. The first-order valence-corrected chi connectivity index (χ1v) is 7.83. The number of hydrogen-bond donors (Lipinski definition) is 1. The van der Waals surface area contributed by atoms with Gasteiger partial charge in [0.15, 0.2) is 0 Å². The summed E-state index contributed by atoms with van der Waals surface area (Å²) in [7, 11) is -2.05. The Morgan fingerprint density at radius 1 is 1.32 bits per heavy atom. The van der Waals surface area contributed by atoms with E-state index in [9.17, 15) is 13.2 Å². The lowest BCUT2D eigenvalue weighted by molar-refractivity contribution is -0.120. The van der Waals surface area contributed by atoms with Crippen LogP contribution >= 0.6 is 0 Å². The fraction of sp³-hybridized carbons (Fsp3) is 0.462. The third kappa shape index (κ3) is 2.64. The molecular formula is C13H18N2O3S. The molecule has 1 aliphatic rings. The molecule has 0 radical (unpaired) electrons. The summed E-state index contributed by atoms with van der Waals surface area (Å²) in [5.41, 5.74) is 0.760. The second kappa shape index (κ2) is 5.30. The average molecular weight is 282 g/mol. The fourth-order valence-corrected chi connectivity index (χ4v) is 3.03. The van der Waals surface area contributed by atoms with Gasteiger partial charge < -0.3 is 4.90 Å². The molecule has 0 aliphatic carbocycles. The minimum atomic E-state index is -3.42. The summed E-state index contributed by atoms with van der Waals surface area (Å²) in [6, 6.07) is 6.40. The van der Waals surface area contributed by atoms with Crippen LogP contribution in [0.1, 0.15) is 19.8 Å². The van der Waals surface area contributed by atoms with Gasteiger partial charge in [-0.05, 0) is 44.2 Å². The second-order valence-corrected chi connectivity index (χ2v) is 6.47. The van der Waals surface area contributed by atoms with Crippen molar-refractivity contribution in [2.24, 2.45) is 5.92 Å². The van der Waals surface area contributed by atoms with E-state index in [1.165, 1.54) is 19.2 Å². The van der Waals surface area contributed by atoms with Crippen molar-refractivity contribution in [1.29, 1.82) is 0 Å². The van der Waals surface area contributed by atoms with Crippen LogP contribution in [0.3, 0.4) is 0 Å². The van der Waals surface area contributed by atoms with Crippen molar-refractivity contribution < 1.29 is 13.2 Å². The molecule has 0 bridgehead atoms. The van der Waals surface area contributed by atoms with E-state index in [2.05, 4.69) is 4.72 Å². The average Bonchev–Trinajstić information content (AvgIpc) is 2.80. The maximum absolute atomic E-state index is 12.1. The number of benzene rings is 1. The third-order valence-electron chi connectivity index (χ3n) is 3.54. The van der Waals surface area contributed by atoms with Gasteiger partial charge in [-0.2, -0.15) is 0 Å². The van der Waals surface area contributed by atoms with E-state index < -0.39 is 10.0 Å². The summed E-state index contributed by atoms with van der Waals surface area (Å²) < 4.78 is 25.5. The van der Waals surface area contributed by atoms with Crippen LogP contribution in [0.15, 0.2) is 29.2 Å². The third-order valence-corrected chi connectivity index (χ3v) is 4.97. The molecule has 1 aromatic carbocycles. The maximum Gasteiger partial charge on any atom is 0.240 e. The molecule has 0 spiro atoms. The van der Waals surface area contributed by atoms with Crippen molar-refractivity contribution in [3.8, 4) is 0 Å². The van der Waals surface area contributed by atoms with Crippen molar-refractivity contribution in [2.45, 2.75) is 24.7 Å². The molecule has 1 fully saturated rings. The van der Waals surface area contributed by atoms with E-state index in [-0.39, 0.29) is 16.7 Å². The summed E-state index contributed by atoms with van der Waals surface area (Å²) in [5, 5.41) is 0. The molecule has 1 aromatic rings. The summed E-state index contributed by atoms with van der Waals surface area (Å²) in [4.78, 5) is 14.0. The molecule has 0 aromatic heterocycles. The molecule has 5 nitrogen and oxygen atoms in total. The number of amides is 1. The van der Waals surface area contributed by atoms with Crippen LogP contribution < -0.4 is 9.62 Å². The Morgan fingerprint density at radius 3 is 2.42 bits per heavy atom. The number of sulfonamides is 1. The van der Waals surface area contributed by atoms with Gasteiger partial charge in [0.05, 0.1) is 4.90 Å². The zero-order chi connectivity index (χ0) is 14.0. The van der Waals surface area contributed by atoms with E-state index in [0.717, 1.165) is 18.5 Å².